The van der Waals surface area contributed by atoms with E-state index in [1.54, 1.807) is 17.0 Å². The standard InChI is InChI=1S/C15H21NO4/c1-20-14-7-6-11(10-13(14)18)15(19)16(8-9-17)12-4-2-3-5-12/h6-7,10,12,17-18H,2-5,8-9H2,1H3. The van der Waals surface area contributed by atoms with Crippen LogP contribution in [0.5, 0.6) is 11.5 Å². The van der Waals surface area contributed by atoms with Crippen LogP contribution >= 0.6 is 0 Å². The summed E-state index contributed by atoms with van der Waals surface area (Å²) in [5, 5.41) is 18.9. The summed E-state index contributed by atoms with van der Waals surface area (Å²) in [6, 6.07) is 4.83. The minimum absolute atomic E-state index is 0.0475. The fourth-order valence-electron chi connectivity index (χ4n) is 2.76. The summed E-state index contributed by atoms with van der Waals surface area (Å²) in [6.45, 7) is 0.278. The second-order valence-corrected chi connectivity index (χ2v) is 5.05. The Balaban J connectivity index is 2.20. The molecule has 0 spiro atoms. The number of methoxy groups -OCH3 is 1. The third kappa shape index (κ3) is 3.04. The largest absolute Gasteiger partial charge is 0.504 e. The predicted octanol–water partition coefficient (Wildman–Crippen LogP) is 1.78. The normalized spacial score (nSPS) is 15.3. The lowest BCUT2D eigenvalue weighted by molar-refractivity contribution is 0.0637. The highest BCUT2D eigenvalue weighted by Crippen LogP contribution is 2.29. The van der Waals surface area contributed by atoms with E-state index < -0.39 is 0 Å². The number of phenolic OH excluding ortho intramolecular Hbond substituents is 1. The van der Waals surface area contributed by atoms with Gasteiger partial charge in [-0.1, -0.05) is 12.8 Å². The molecule has 2 N–H and O–H groups in total. The molecule has 0 radical (unpaired) electrons. The highest BCUT2D eigenvalue weighted by Gasteiger charge is 2.27. The number of phenols is 1. The van der Waals surface area contributed by atoms with Gasteiger partial charge in [0.15, 0.2) is 11.5 Å². The van der Waals surface area contributed by atoms with E-state index in [4.69, 9.17) is 9.84 Å². The molecule has 1 aliphatic carbocycles. The third-order valence-electron chi connectivity index (χ3n) is 3.79. The van der Waals surface area contributed by atoms with Crippen LogP contribution in [0.1, 0.15) is 36.0 Å². The van der Waals surface area contributed by atoms with Crippen molar-refractivity contribution >= 4 is 5.91 Å². The summed E-state index contributed by atoms with van der Waals surface area (Å²) in [5.41, 5.74) is 0.420. The van der Waals surface area contributed by atoms with Crippen LogP contribution in [0, 0.1) is 0 Å². The Morgan fingerprint density at radius 2 is 2.10 bits per heavy atom. The molecule has 5 heteroatoms. The quantitative estimate of drug-likeness (QED) is 0.862. The van der Waals surface area contributed by atoms with Gasteiger partial charge < -0.3 is 19.8 Å². The van der Waals surface area contributed by atoms with Crippen molar-refractivity contribution in [3.05, 3.63) is 23.8 Å². The van der Waals surface area contributed by atoms with E-state index >= 15 is 0 Å². The van der Waals surface area contributed by atoms with Crippen LogP contribution < -0.4 is 4.74 Å². The number of hydrogen-bond acceptors (Lipinski definition) is 4. The fourth-order valence-corrected chi connectivity index (χ4v) is 2.76. The van der Waals surface area contributed by atoms with Crippen molar-refractivity contribution < 1.29 is 19.7 Å². The number of amides is 1. The zero-order chi connectivity index (χ0) is 14.5. The minimum Gasteiger partial charge on any atom is -0.504 e. The number of carbonyl (C=O) groups is 1. The molecule has 0 aliphatic heterocycles. The third-order valence-corrected chi connectivity index (χ3v) is 3.79. The number of aliphatic hydroxyl groups excluding tert-OH is 1. The lowest BCUT2D eigenvalue weighted by Crippen LogP contribution is -2.40. The van der Waals surface area contributed by atoms with Crippen LogP contribution in [-0.2, 0) is 0 Å². The lowest BCUT2D eigenvalue weighted by atomic mass is 10.1. The highest BCUT2D eigenvalue weighted by molar-refractivity contribution is 5.95. The Morgan fingerprint density at radius 1 is 1.40 bits per heavy atom. The van der Waals surface area contributed by atoms with E-state index in [9.17, 15) is 9.90 Å². The van der Waals surface area contributed by atoms with E-state index in [-0.39, 0.29) is 24.3 Å². The maximum absolute atomic E-state index is 12.5. The van der Waals surface area contributed by atoms with Crippen LogP contribution in [0.15, 0.2) is 18.2 Å². The Morgan fingerprint density at radius 3 is 2.65 bits per heavy atom. The lowest BCUT2D eigenvalue weighted by Gasteiger charge is -2.28. The molecule has 1 aliphatic rings. The molecule has 20 heavy (non-hydrogen) atoms. The van der Waals surface area contributed by atoms with Gasteiger partial charge in [-0.05, 0) is 31.0 Å². The number of carbonyl (C=O) groups excluding carboxylic acids is 1. The summed E-state index contributed by atoms with van der Waals surface area (Å²) in [4.78, 5) is 14.3. The highest BCUT2D eigenvalue weighted by atomic mass is 16.5. The molecule has 0 bridgehead atoms. The van der Waals surface area contributed by atoms with Crippen molar-refractivity contribution in [1.29, 1.82) is 0 Å². The first kappa shape index (κ1) is 14.7. The molecule has 110 valence electrons. The van der Waals surface area contributed by atoms with Gasteiger partial charge in [-0.15, -0.1) is 0 Å². The molecule has 0 aromatic heterocycles. The second kappa shape index (κ2) is 6.61. The van der Waals surface area contributed by atoms with E-state index in [1.165, 1.54) is 13.2 Å². The molecule has 2 rings (SSSR count). The first-order valence-electron chi connectivity index (χ1n) is 6.96. The molecule has 5 nitrogen and oxygen atoms in total. The summed E-state index contributed by atoms with van der Waals surface area (Å²) in [5.74, 6) is 0.147. The van der Waals surface area contributed by atoms with Gasteiger partial charge in [0.1, 0.15) is 0 Å². The average Bonchev–Trinajstić information content (AvgIpc) is 2.97. The second-order valence-electron chi connectivity index (χ2n) is 5.05. The van der Waals surface area contributed by atoms with E-state index in [0.717, 1.165) is 25.7 Å². The minimum atomic E-state index is -0.149. The number of rotatable bonds is 5. The smallest absolute Gasteiger partial charge is 0.254 e. The summed E-state index contributed by atoms with van der Waals surface area (Å²) in [6.07, 6.45) is 4.20. The van der Waals surface area contributed by atoms with Gasteiger partial charge >= 0.3 is 0 Å². The van der Waals surface area contributed by atoms with Crippen LogP contribution in [0.25, 0.3) is 0 Å². The van der Waals surface area contributed by atoms with Crippen molar-refractivity contribution in [3.63, 3.8) is 0 Å². The van der Waals surface area contributed by atoms with Crippen LogP contribution in [0.4, 0.5) is 0 Å². The molecule has 1 aromatic rings. The summed E-state index contributed by atoms with van der Waals surface area (Å²) < 4.78 is 4.97. The van der Waals surface area contributed by atoms with Crippen LogP contribution in [0.3, 0.4) is 0 Å². The number of benzene rings is 1. The molecule has 0 heterocycles. The first-order chi connectivity index (χ1) is 9.67. The predicted molar refractivity (Wildman–Crippen MR) is 75.0 cm³/mol. The number of ether oxygens (including phenoxy) is 1. The van der Waals surface area contributed by atoms with E-state index in [1.807, 2.05) is 0 Å². The first-order valence-corrected chi connectivity index (χ1v) is 6.96. The Bertz CT molecular complexity index is 469. The number of nitrogens with zero attached hydrogens (tertiary/aromatic N) is 1. The molecule has 1 aromatic carbocycles. The molecular formula is C15H21NO4. The number of hydrogen-bond donors (Lipinski definition) is 2. The van der Waals surface area contributed by atoms with Crippen molar-refractivity contribution in [2.75, 3.05) is 20.3 Å². The van der Waals surface area contributed by atoms with Crippen LogP contribution in [-0.4, -0.2) is 47.3 Å². The zero-order valence-corrected chi connectivity index (χ0v) is 11.7. The molecular weight excluding hydrogens is 258 g/mol. The molecule has 0 atom stereocenters. The average molecular weight is 279 g/mol. The summed E-state index contributed by atoms with van der Waals surface area (Å²) >= 11 is 0. The molecule has 1 amide bonds. The molecule has 1 fully saturated rings. The van der Waals surface area contributed by atoms with Crippen molar-refractivity contribution in [2.45, 2.75) is 31.7 Å². The van der Waals surface area contributed by atoms with Gasteiger partial charge in [0.25, 0.3) is 5.91 Å². The monoisotopic (exact) mass is 279 g/mol. The number of aromatic hydroxyl groups is 1. The Labute approximate surface area is 118 Å². The van der Waals surface area contributed by atoms with Crippen LogP contribution in [0.2, 0.25) is 0 Å². The molecule has 0 saturated heterocycles. The van der Waals surface area contributed by atoms with Gasteiger partial charge in [-0.25, -0.2) is 0 Å². The summed E-state index contributed by atoms with van der Waals surface area (Å²) in [7, 11) is 1.47. The van der Waals surface area contributed by atoms with Gasteiger partial charge in [0.05, 0.1) is 13.7 Å². The fraction of sp³-hybridized carbons (Fsp3) is 0.533. The Kier molecular flexibility index (Phi) is 4.84. The molecule has 1 saturated carbocycles. The van der Waals surface area contributed by atoms with E-state index in [0.29, 0.717) is 17.9 Å². The molecule has 0 unspecified atom stereocenters. The SMILES string of the molecule is COc1ccc(C(=O)N(CCO)C2CCCC2)cc1O. The zero-order valence-electron chi connectivity index (χ0n) is 11.7. The maximum Gasteiger partial charge on any atom is 0.254 e. The van der Waals surface area contributed by atoms with E-state index in [2.05, 4.69) is 0 Å². The van der Waals surface area contributed by atoms with Crippen molar-refractivity contribution in [3.8, 4) is 11.5 Å². The van der Waals surface area contributed by atoms with Gasteiger partial charge in [0, 0.05) is 18.2 Å². The number of aliphatic hydroxyl groups is 1. The topological polar surface area (TPSA) is 70.0 Å². The van der Waals surface area contributed by atoms with Crippen molar-refractivity contribution in [1.82, 2.24) is 4.90 Å². The maximum atomic E-state index is 12.5. The van der Waals surface area contributed by atoms with Gasteiger partial charge in [0.2, 0.25) is 0 Å². The van der Waals surface area contributed by atoms with Gasteiger partial charge in [-0.2, -0.15) is 0 Å². The Hall–Kier alpha value is -1.75. The van der Waals surface area contributed by atoms with Gasteiger partial charge in [-0.3, -0.25) is 4.79 Å². The van der Waals surface area contributed by atoms with Crippen molar-refractivity contribution in [2.24, 2.45) is 0 Å².